The number of sulfonamides is 1. The highest BCUT2D eigenvalue weighted by molar-refractivity contribution is 7.89. The third-order valence-corrected chi connectivity index (χ3v) is 4.49. The molecule has 1 aromatic carbocycles. The number of carbonyl (C=O) groups is 1. The zero-order valence-corrected chi connectivity index (χ0v) is 12.1. The zero-order valence-electron chi connectivity index (χ0n) is 11.3. The number of nitrogens with one attached hydrogen (secondary N) is 2. The lowest BCUT2D eigenvalue weighted by Gasteiger charge is -2.08. The van der Waals surface area contributed by atoms with E-state index in [1.54, 1.807) is 0 Å². The van der Waals surface area contributed by atoms with Crippen LogP contribution in [0.5, 0.6) is 0 Å². The van der Waals surface area contributed by atoms with Gasteiger partial charge in [-0.05, 0) is 37.1 Å². The highest BCUT2D eigenvalue weighted by Gasteiger charge is 2.20. The van der Waals surface area contributed by atoms with E-state index < -0.39 is 16.0 Å². The van der Waals surface area contributed by atoms with E-state index in [1.165, 1.54) is 44.2 Å². The smallest absolute Gasteiger partial charge is 0.337 e. The van der Waals surface area contributed by atoms with Crippen LogP contribution in [0.2, 0.25) is 0 Å². The number of hydrogen-bond acceptors (Lipinski definition) is 5. The van der Waals surface area contributed by atoms with E-state index in [2.05, 4.69) is 14.8 Å². The summed E-state index contributed by atoms with van der Waals surface area (Å²) in [7, 11) is -2.25. The van der Waals surface area contributed by atoms with Crippen LogP contribution >= 0.6 is 0 Å². The maximum atomic E-state index is 12.0. The molecule has 0 unspecified atom stereocenters. The van der Waals surface area contributed by atoms with Gasteiger partial charge < -0.3 is 10.1 Å². The quantitative estimate of drug-likeness (QED) is 0.566. The molecule has 1 aromatic rings. The van der Waals surface area contributed by atoms with Crippen LogP contribution in [-0.2, 0) is 14.8 Å². The first-order valence-corrected chi connectivity index (χ1v) is 7.92. The lowest BCUT2D eigenvalue weighted by atomic mass is 10.2. The maximum Gasteiger partial charge on any atom is 0.337 e. The number of methoxy groups -OCH3 is 1. The molecule has 0 saturated heterocycles. The Kier molecular flexibility index (Phi) is 4.74. The van der Waals surface area contributed by atoms with Crippen LogP contribution in [0.15, 0.2) is 29.2 Å². The molecule has 0 spiro atoms. The highest BCUT2D eigenvalue weighted by atomic mass is 32.2. The number of ether oxygens (including phenoxy) is 1. The van der Waals surface area contributed by atoms with Crippen LogP contribution in [0.4, 0.5) is 0 Å². The molecule has 1 aliphatic rings. The number of hydrogen-bond donors (Lipinski definition) is 2. The van der Waals surface area contributed by atoms with E-state index in [0.29, 0.717) is 24.7 Å². The largest absolute Gasteiger partial charge is 0.465 e. The van der Waals surface area contributed by atoms with E-state index in [4.69, 9.17) is 0 Å². The van der Waals surface area contributed by atoms with Crippen molar-refractivity contribution < 1.29 is 17.9 Å². The predicted molar refractivity (Wildman–Crippen MR) is 74.0 cm³/mol. The van der Waals surface area contributed by atoms with Crippen LogP contribution in [0.1, 0.15) is 23.2 Å². The molecular weight excluding hydrogens is 280 g/mol. The molecule has 20 heavy (non-hydrogen) atoms. The fourth-order valence-electron chi connectivity index (χ4n) is 1.72. The van der Waals surface area contributed by atoms with Gasteiger partial charge in [0.1, 0.15) is 0 Å². The zero-order chi connectivity index (χ0) is 14.6. The topological polar surface area (TPSA) is 84.5 Å². The Bertz CT molecular complexity index is 565. The van der Waals surface area contributed by atoms with Gasteiger partial charge in [0.2, 0.25) is 10.0 Å². The fraction of sp³-hybridized carbons (Fsp3) is 0.462. The van der Waals surface area contributed by atoms with Gasteiger partial charge in [0.05, 0.1) is 17.6 Å². The van der Waals surface area contributed by atoms with Crippen molar-refractivity contribution in [1.29, 1.82) is 0 Å². The molecule has 1 aliphatic carbocycles. The summed E-state index contributed by atoms with van der Waals surface area (Å²) in [6.07, 6.45) is 2.34. The molecule has 2 rings (SSSR count). The van der Waals surface area contributed by atoms with E-state index in [-0.39, 0.29) is 4.90 Å². The van der Waals surface area contributed by atoms with Gasteiger partial charge in [-0.2, -0.15) is 0 Å². The van der Waals surface area contributed by atoms with E-state index in [1.807, 2.05) is 0 Å². The standard InChI is InChI=1S/C13H18N2O4S/c1-19-13(16)10-2-6-12(7-3-10)20(17,18)15-9-8-14-11-4-5-11/h2-3,6-7,11,14-15H,4-5,8-9H2,1H3. The molecule has 0 bridgehead atoms. The van der Waals surface area contributed by atoms with Gasteiger partial charge in [0.25, 0.3) is 0 Å². The van der Waals surface area contributed by atoms with Crippen LogP contribution in [-0.4, -0.2) is 40.6 Å². The van der Waals surface area contributed by atoms with Gasteiger partial charge in [-0.25, -0.2) is 17.9 Å². The number of carbonyl (C=O) groups excluding carboxylic acids is 1. The molecule has 0 heterocycles. The van der Waals surface area contributed by atoms with E-state index in [0.717, 1.165) is 0 Å². The first-order chi connectivity index (χ1) is 9.53. The summed E-state index contributed by atoms with van der Waals surface area (Å²) >= 11 is 0. The third-order valence-electron chi connectivity index (χ3n) is 3.01. The van der Waals surface area contributed by atoms with Crippen molar-refractivity contribution in [1.82, 2.24) is 10.0 Å². The average Bonchev–Trinajstić information content (AvgIpc) is 3.27. The van der Waals surface area contributed by atoms with E-state index in [9.17, 15) is 13.2 Å². The lowest BCUT2D eigenvalue weighted by molar-refractivity contribution is 0.0600. The Labute approximate surface area is 118 Å². The van der Waals surface area contributed by atoms with Crippen LogP contribution in [0.3, 0.4) is 0 Å². The summed E-state index contributed by atoms with van der Waals surface area (Å²) in [5, 5.41) is 3.22. The molecule has 1 saturated carbocycles. The van der Waals surface area contributed by atoms with Gasteiger partial charge in [0, 0.05) is 19.1 Å². The molecule has 0 aliphatic heterocycles. The second kappa shape index (κ2) is 6.34. The first-order valence-electron chi connectivity index (χ1n) is 6.44. The summed E-state index contributed by atoms with van der Waals surface area (Å²) in [5.74, 6) is -0.490. The van der Waals surface area contributed by atoms with Gasteiger partial charge >= 0.3 is 5.97 Å². The summed E-state index contributed by atoms with van der Waals surface area (Å²) < 4.78 is 31.0. The monoisotopic (exact) mass is 298 g/mol. The van der Waals surface area contributed by atoms with Crippen molar-refractivity contribution in [2.24, 2.45) is 0 Å². The summed E-state index contributed by atoms with van der Waals surface area (Å²) in [6, 6.07) is 6.20. The fourth-order valence-corrected chi connectivity index (χ4v) is 2.75. The average molecular weight is 298 g/mol. The molecule has 0 amide bonds. The molecule has 7 heteroatoms. The SMILES string of the molecule is COC(=O)c1ccc(S(=O)(=O)NCCNC2CC2)cc1. The minimum Gasteiger partial charge on any atom is -0.465 e. The van der Waals surface area contributed by atoms with Crippen molar-refractivity contribution in [3.05, 3.63) is 29.8 Å². The number of rotatable bonds is 7. The van der Waals surface area contributed by atoms with Gasteiger partial charge in [-0.3, -0.25) is 0 Å². The molecule has 110 valence electrons. The van der Waals surface area contributed by atoms with E-state index >= 15 is 0 Å². The normalized spacial score (nSPS) is 15.1. The number of benzene rings is 1. The molecule has 0 aromatic heterocycles. The highest BCUT2D eigenvalue weighted by Crippen LogP contribution is 2.18. The predicted octanol–water partition coefficient (Wildman–Crippen LogP) is 0.503. The van der Waals surface area contributed by atoms with Crippen LogP contribution in [0.25, 0.3) is 0 Å². The van der Waals surface area contributed by atoms with Crippen molar-refractivity contribution in [2.75, 3.05) is 20.2 Å². The molecule has 6 nitrogen and oxygen atoms in total. The van der Waals surface area contributed by atoms with Crippen LogP contribution < -0.4 is 10.0 Å². The maximum absolute atomic E-state index is 12.0. The molecule has 1 fully saturated rings. The third kappa shape index (κ3) is 4.03. The second-order valence-corrected chi connectivity index (χ2v) is 6.41. The Morgan fingerprint density at radius 3 is 2.45 bits per heavy atom. The first kappa shape index (κ1) is 15.0. The minimum absolute atomic E-state index is 0.136. The van der Waals surface area contributed by atoms with Crippen LogP contribution in [0, 0.1) is 0 Å². The molecular formula is C13H18N2O4S. The minimum atomic E-state index is -3.53. The Morgan fingerprint density at radius 1 is 1.25 bits per heavy atom. The lowest BCUT2D eigenvalue weighted by Crippen LogP contribution is -2.32. The van der Waals surface area contributed by atoms with Crippen molar-refractivity contribution in [3.8, 4) is 0 Å². The second-order valence-electron chi connectivity index (χ2n) is 4.64. The molecule has 0 atom stereocenters. The summed E-state index contributed by atoms with van der Waals surface area (Å²) in [6.45, 7) is 0.960. The Balaban J connectivity index is 1.92. The Morgan fingerprint density at radius 2 is 1.90 bits per heavy atom. The summed E-state index contributed by atoms with van der Waals surface area (Å²) in [5.41, 5.74) is 0.321. The Hall–Kier alpha value is -1.44. The van der Waals surface area contributed by atoms with Crippen molar-refractivity contribution in [2.45, 2.75) is 23.8 Å². The molecule has 0 radical (unpaired) electrons. The van der Waals surface area contributed by atoms with Gasteiger partial charge in [0.15, 0.2) is 0 Å². The molecule has 2 N–H and O–H groups in total. The summed E-state index contributed by atoms with van der Waals surface area (Å²) in [4.78, 5) is 11.4. The van der Waals surface area contributed by atoms with Gasteiger partial charge in [-0.15, -0.1) is 0 Å². The van der Waals surface area contributed by atoms with Crippen molar-refractivity contribution in [3.63, 3.8) is 0 Å². The van der Waals surface area contributed by atoms with Crippen molar-refractivity contribution >= 4 is 16.0 Å². The van der Waals surface area contributed by atoms with Gasteiger partial charge in [-0.1, -0.05) is 0 Å². The number of esters is 1.